The molecule has 58 valence electrons. The van der Waals surface area contributed by atoms with Crippen LogP contribution in [-0.2, 0) is 10.3 Å². The van der Waals surface area contributed by atoms with E-state index < -0.39 is 16.0 Å². The monoisotopic (exact) mass is 174 g/mol. The van der Waals surface area contributed by atoms with Gasteiger partial charge in [0.1, 0.15) is 11.7 Å². The molecule has 6 nitrogen and oxygen atoms in total. The van der Waals surface area contributed by atoms with Crippen molar-refractivity contribution in [3.8, 4) is 0 Å². The molecule has 0 spiro atoms. The van der Waals surface area contributed by atoms with E-state index in [0.717, 1.165) is 6.33 Å². The van der Waals surface area contributed by atoms with Crippen LogP contribution in [0.4, 0.5) is 0 Å². The molecule has 7 heteroatoms. The van der Waals surface area contributed by atoms with Crippen LogP contribution < -0.4 is 5.76 Å². The second kappa shape index (κ2) is 3.06. The van der Waals surface area contributed by atoms with E-state index in [1.54, 1.807) is 0 Å². The molecule has 0 aliphatic rings. The molecule has 1 rings (SSSR count). The molecule has 0 unspecified atom stereocenters. The fourth-order valence-electron chi connectivity index (χ4n) is 0.412. The van der Waals surface area contributed by atoms with Crippen molar-refractivity contribution in [3.05, 3.63) is 22.8 Å². The maximum Gasteiger partial charge on any atom is 0.441 e. The first kappa shape index (κ1) is 7.61. The maximum atomic E-state index is 10.3. The van der Waals surface area contributed by atoms with Crippen molar-refractivity contribution in [3.63, 3.8) is 0 Å². The van der Waals surface area contributed by atoms with Crippen LogP contribution in [0.15, 0.2) is 15.5 Å². The molecule has 11 heavy (non-hydrogen) atoms. The average Bonchev–Trinajstić information content (AvgIpc) is 1.85. The third kappa shape index (κ3) is 2.30. The predicted octanol–water partition coefficient (Wildman–Crippen LogP) is -1.54. The van der Waals surface area contributed by atoms with Crippen LogP contribution in [0.5, 0.6) is 0 Å². The Labute approximate surface area is 62.1 Å². The summed E-state index contributed by atoms with van der Waals surface area (Å²) in [5.41, 5.74) is 0. The lowest BCUT2D eigenvalue weighted by molar-refractivity contribution is 0.455. The molecular weight excluding hydrogens is 172 g/mol. The normalized spacial score (nSPS) is 9.09. The second-order valence-corrected chi connectivity index (χ2v) is 2.21. The Kier molecular flexibility index (Phi) is 2.12. The van der Waals surface area contributed by atoms with Gasteiger partial charge in [-0.05, 0) is 0 Å². The summed E-state index contributed by atoms with van der Waals surface area (Å²) in [7, 11) is -2.42. The summed E-state index contributed by atoms with van der Waals surface area (Å²) in [6, 6.07) is 0. The molecular formula is C4H2N2O4S. The standard InChI is InChI=1S/C4H2N2O4S/c7-4-6-2-5-3(10-4)1-11(8)9/h1-2H. The van der Waals surface area contributed by atoms with E-state index in [2.05, 4.69) is 14.4 Å². The Morgan fingerprint density at radius 3 is 2.73 bits per heavy atom. The Morgan fingerprint density at radius 2 is 2.18 bits per heavy atom. The van der Waals surface area contributed by atoms with Gasteiger partial charge in [0.2, 0.25) is 16.2 Å². The van der Waals surface area contributed by atoms with Crippen LogP contribution in [0.2, 0.25) is 0 Å². The zero-order valence-electron chi connectivity index (χ0n) is 5.09. The molecule has 0 amide bonds. The third-order valence-corrected chi connectivity index (χ3v) is 1.13. The van der Waals surface area contributed by atoms with Crippen molar-refractivity contribution < 1.29 is 12.8 Å². The van der Waals surface area contributed by atoms with Crippen molar-refractivity contribution >= 4 is 15.7 Å². The molecule has 0 saturated carbocycles. The van der Waals surface area contributed by atoms with Gasteiger partial charge >= 0.3 is 5.76 Å². The zero-order valence-corrected chi connectivity index (χ0v) is 5.91. The summed E-state index contributed by atoms with van der Waals surface area (Å²) < 4.78 is 24.3. The van der Waals surface area contributed by atoms with Crippen molar-refractivity contribution in [1.29, 1.82) is 0 Å². The van der Waals surface area contributed by atoms with Crippen molar-refractivity contribution in [2.75, 3.05) is 0 Å². The molecule has 0 atom stereocenters. The topological polar surface area (TPSA) is 90.1 Å². The van der Waals surface area contributed by atoms with Gasteiger partial charge in [0, 0.05) is 0 Å². The van der Waals surface area contributed by atoms with Crippen LogP contribution in [0.3, 0.4) is 0 Å². The molecule has 0 aliphatic carbocycles. The molecule has 0 N–H and O–H groups in total. The van der Waals surface area contributed by atoms with Crippen molar-refractivity contribution in [2.24, 2.45) is 0 Å². The predicted molar refractivity (Wildman–Crippen MR) is 34.7 cm³/mol. The van der Waals surface area contributed by atoms with Crippen LogP contribution in [0, 0.1) is 0 Å². The quantitative estimate of drug-likeness (QED) is 0.479. The van der Waals surface area contributed by atoms with Gasteiger partial charge in [-0.3, -0.25) is 0 Å². The number of nitrogens with zero attached hydrogens (tertiary/aromatic N) is 2. The van der Waals surface area contributed by atoms with E-state index in [0.29, 0.717) is 5.37 Å². The second-order valence-electron chi connectivity index (χ2n) is 1.46. The van der Waals surface area contributed by atoms with Gasteiger partial charge in [-0.2, -0.15) is 13.4 Å². The fraction of sp³-hybridized carbons (Fsp3) is 0. The molecule has 0 fully saturated rings. The SMILES string of the molecule is O=c1ncnc(C=S(=O)=O)o1. The molecule has 0 bridgehead atoms. The lowest BCUT2D eigenvalue weighted by Gasteiger charge is -1.82. The highest BCUT2D eigenvalue weighted by atomic mass is 32.2. The first-order chi connectivity index (χ1) is 5.18. The fourth-order valence-corrected chi connectivity index (χ4v) is 0.685. The number of rotatable bonds is 1. The summed E-state index contributed by atoms with van der Waals surface area (Å²) in [6.07, 6.45) is 0.921. The summed E-state index contributed by atoms with van der Waals surface area (Å²) in [6.45, 7) is 0. The van der Waals surface area contributed by atoms with Gasteiger partial charge in [-0.25, -0.2) is 9.78 Å². The first-order valence-electron chi connectivity index (χ1n) is 2.43. The van der Waals surface area contributed by atoms with E-state index in [1.165, 1.54) is 0 Å². The van der Waals surface area contributed by atoms with E-state index in [9.17, 15) is 13.2 Å². The summed E-state index contributed by atoms with van der Waals surface area (Å²) in [5.74, 6) is -1.16. The highest BCUT2D eigenvalue weighted by Gasteiger charge is 1.92. The van der Waals surface area contributed by atoms with E-state index in [1.807, 2.05) is 0 Å². The Morgan fingerprint density at radius 1 is 1.45 bits per heavy atom. The molecule has 1 heterocycles. The van der Waals surface area contributed by atoms with Crippen molar-refractivity contribution in [1.82, 2.24) is 9.97 Å². The maximum absolute atomic E-state index is 10.3. The van der Waals surface area contributed by atoms with Crippen LogP contribution >= 0.6 is 0 Å². The minimum Gasteiger partial charge on any atom is -0.388 e. The molecule has 0 saturated heterocycles. The van der Waals surface area contributed by atoms with Gasteiger partial charge in [0.15, 0.2) is 0 Å². The smallest absolute Gasteiger partial charge is 0.388 e. The van der Waals surface area contributed by atoms with Crippen molar-refractivity contribution in [2.45, 2.75) is 0 Å². The van der Waals surface area contributed by atoms with Crippen LogP contribution in [0.25, 0.3) is 0 Å². The summed E-state index contributed by atoms with van der Waals surface area (Å²) >= 11 is 0. The summed E-state index contributed by atoms with van der Waals surface area (Å²) in [4.78, 5) is 16.8. The van der Waals surface area contributed by atoms with E-state index >= 15 is 0 Å². The number of hydrogen-bond acceptors (Lipinski definition) is 6. The van der Waals surface area contributed by atoms with E-state index in [-0.39, 0.29) is 5.89 Å². The van der Waals surface area contributed by atoms with Crippen LogP contribution in [-0.4, -0.2) is 23.8 Å². The lowest BCUT2D eigenvalue weighted by atomic mass is 10.8. The average molecular weight is 174 g/mol. The lowest BCUT2D eigenvalue weighted by Crippen LogP contribution is -2.06. The molecule has 1 aromatic heterocycles. The third-order valence-electron chi connectivity index (χ3n) is 0.737. The minimum absolute atomic E-state index is 0.279. The first-order valence-corrected chi connectivity index (χ1v) is 3.57. The van der Waals surface area contributed by atoms with Gasteiger partial charge < -0.3 is 4.42 Å². The zero-order chi connectivity index (χ0) is 8.27. The number of aromatic nitrogens is 2. The van der Waals surface area contributed by atoms with Gasteiger partial charge in [0.25, 0.3) is 0 Å². The van der Waals surface area contributed by atoms with Gasteiger partial charge in [-0.15, -0.1) is 0 Å². The highest BCUT2D eigenvalue weighted by molar-refractivity contribution is 7.71. The molecule has 0 aromatic carbocycles. The number of hydrogen-bond donors (Lipinski definition) is 0. The Balaban J connectivity index is 3.28. The Bertz CT molecular complexity index is 423. The highest BCUT2D eigenvalue weighted by Crippen LogP contribution is 1.77. The molecule has 0 aliphatic heterocycles. The minimum atomic E-state index is -2.42. The largest absolute Gasteiger partial charge is 0.441 e. The molecule has 1 aromatic rings. The van der Waals surface area contributed by atoms with Crippen LogP contribution in [0.1, 0.15) is 5.89 Å². The Hall–Kier alpha value is -1.50. The van der Waals surface area contributed by atoms with E-state index in [4.69, 9.17) is 0 Å². The van der Waals surface area contributed by atoms with Gasteiger partial charge in [0.05, 0.1) is 0 Å². The molecule has 0 radical (unpaired) electrons. The summed E-state index contributed by atoms with van der Waals surface area (Å²) in [5, 5.41) is 0.670. The van der Waals surface area contributed by atoms with Gasteiger partial charge in [-0.1, -0.05) is 0 Å².